The van der Waals surface area contributed by atoms with E-state index in [0.717, 1.165) is 17.3 Å². The molecule has 0 unspecified atom stereocenters. The van der Waals surface area contributed by atoms with Crippen molar-refractivity contribution in [3.05, 3.63) is 95.3 Å². The zero-order chi connectivity index (χ0) is 27.4. The van der Waals surface area contributed by atoms with Gasteiger partial charge in [-0.05, 0) is 48.2 Å². The first-order valence-electron chi connectivity index (χ1n) is 12.0. The molecule has 3 rings (SSSR count). The van der Waals surface area contributed by atoms with Gasteiger partial charge in [-0.3, -0.25) is 19.4 Å². The Balaban J connectivity index is 1.47. The summed E-state index contributed by atoms with van der Waals surface area (Å²) in [5.41, 5.74) is 2.01. The molecule has 0 fully saturated rings. The van der Waals surface area contributed by atoms with E-state index in [0.29, 0.717) is 39.0 Å². The number of benzene rings is 2. The van der Waals surface area contributed by atoms with Gasteiger partial charge in [0.1, 0.15) is 5.69 Å². The molecule has 0 atom stereocenters. The third-order valence-corrected chi connectivity index (χ3v) is 6.88. The predicted molar refractivity (Wildman–Crippen MR) is 141 cm³/mol. The number of ether oxygens (including phenoxy) is 1. The molecule has 3 amide bonds. The standard InChI is InChI=1S/C27H30N4O6S/c1-37-18-17-29-27(34)24-13-10-22(19-30-24)26(33)31-38(35,36)23-11-7-21(8-12-23)15-16-28-25(32)14-9-20-5-3-2-4-6-20/h2-8,10-13,19H,9,14-18H2,1H3,(H,28,32)(H,29,34)(H,31,33). The molecule has 10 nitrogen and oxygen atoms in total. The highest BCUT2D eigenvalue weighted by atomic mass is 32.2. The van der Waals surface area contributed by atoms with Crippen LogP contribution in [0.25, 0.3) is 0 Å². The predicted octanol–water partition coefficient (Wildman–Crippen LogP) is 1.87. The molecule has 0 spiro atoms. The summed E-state index contributed by atoms with van der Waals surface area (Å²) in [7, 11) is -2.61. The number of rotatable bonds is 13. The lowest BCUT2D eigenvalue weighted by molar-refractivity contribution is -0.121. The fourth-order valence-corrected chi connectivity index (χ4v) is 4.41. The Hall–Kier alpha value is -4.09. The molecule has 0 bridgehead atoms. The maximum absolute atomic E-state index is 12.7. The number of carbonyl (C=O) groups is 3. The third-order valence-electron chi connectivity index (χ3n) is 5.53. The van der Waals surface area contributed by atoms with Gasteiger partial charge in [-0.15, -0.1) is 0 Å². The number of methoxy groups -OCH3 is 1. The van der Waals surface area contributed by atoms with Crippen LogP contribution in [0, 0.1) is 0 Å². The fourth-order valence-electron chi connectivity index (χ4n) is 3.43. The van der Waals surface area contributed by atoms with E-state index in [1.165, 1.54) is 31.4 Å². The van der Waals surface area contributed by atoms with Gasteiger partial charge in [0, 0.05) is 32.8 Å². The number of aryl methyl sites for hydroxylation is 1. The summed E-state index contributed by atoms with van der Waals surface area (Å²) in [5, 5.41) is 5.46. The summed E-state index contributed by atoms with van der Waals surface area (Å²) < 4.78 is 32.2. The van der Waals surface area contributed by atoms with Crippen LogP contribution in [-0.2, 0) is 32.4 Å². The number of amides is 3. The van der Waals surface area contributed by atoms with Gasteiger partial charge in [0.2, 0.25) is 5.91 Å². The van der Waals surface area contributed by atoms with E-state index in [9.17, 15) is 22.8 Å². The Bertz CT molecular complexity index is 1330. The molecule has 1 heterocycles. The zero-order valence-electron chi connectivity index (χ0n) is 21.0. The highest BCUT2D eigenvalue weighted by Gasteiger charge is 2.19. The lowest BCUT2D eigenvalue weighted by atomic mass is 10.1. The Kier molecular flexibility index (Phi) is 10.5. The van der Waals surface area contributed by atoms with E-state index < -0.39 is 21.8 Å². The van der Waals surface area contributed by atoms with Gasteiger partial charge in [-0.2, -0.15) is 0 Å². The maximum atomic E-state index is 12.7. The minimum Gasteiger partial charge on any atom is -0.383 e. The normalized spacial score (nSPS) is 11.0. The monoisotopic (exact) mass is 538 g/mol. The molecule has 0 aliphatic carbocycles. The summed E-state index contributed by atoms with van der Waals surface area (Å²) in [6, 6.07) is 18.5. The fraction of sp³-hybridized carbons (Fsp3) is 0.259. The minimum absolute atomic E-state index is 0.0124. The molecule has 38 heavy (non-hydrogen) atoms. The number of nitrogens with one attached hydrogen (secondary N) is 3. The summed E-state index contributed by atoms with van der Waals surface area (Å²) in [4.78, 5) is 40.3. The van der Waals surface area contributed by atoms with Crippen molar-refractivity contribution in [1.29, 1.82) is 0 Å². The average Bonchev–Trinajstić information content (AvgIpc) is 2.92. The Morgan fingerprint density at radius 1 is 0.816 bits per heavy atom. The van der Waals surface area contributed by atoms with Crippen LogP contribution in [0.4, 0.5) is 0 Å². The Labute approximate surface area is 221 Å². The van der Waals surface area contributed by atoms with Crippen molar-refractivity contribution in [3.63, 3.8) is 0 Å². The molecule has 0 saturated carbocycles. The highest BCUT2D eigenvalue weighted by Crippen LogP contribution is 2.12. The van der Waals surface area contributed by atoms with E-state index in [2.05, 4.69) is 15.6 Å². The molecule has 2 aromatic carbocycles. The number of pyridine rings is 1. The molecule has 0 aliphatic heterocycles. The lowest BCUT2D eigenvalue weighted by Gasteiger charge is -2.09. The Morgan fingerprint density at radius 2 is 1.53 bits per heavy atom. The SMILES string of the molecule is COCCNC(=O)c1ccc(C(=O)NS(=O)(=O)c2ccc(CCNC(=O)CCc3ccccc3)cc2)cn1. The molecule has 3 N–H and O–H groups in total. The van der Waals surface area contributed by atoms with Crippen LogP contribution in [-0.4, -0.2) is 57.9 Å². The quantitative estimate of drug-likeness (QED) is 0.282. The van der Waals surface area contributed by atoms with Gasteiger partial charge in [0.15, 0.2) is 0 Å². The number of aromatic nitrogens is 1. The molecule has 200 valence electrons. The second-order valence-corrected chi connectivity index (χ2v) is 10.0. The van der Waals surface area contributed by atoms with Crippen molar-refractivity contribution in [2.75, 3.05) is 26.8 Å². The van der Waals surface area contributed by atoms with Gasteiger partial charge >= 0.3 is 0 Å². The van der Waals surface area contributed by atoms with Crippen LogP contribution >= 0.6 is 0 Å². The van der Waals surface area contributed by atoms with Gasteiger partial charge in [-0.1, -0.05) is 42.5 Å². The highest BCUT2D eigenvalue weighted by molar-refractivity contribution is 7.90. The van der Waals surface area contributed by atoms with Crippen LogP contribution in [0.1, 0.15) is 38.4 Å². The van der Waals surface area contributed by atoms with Crippen LogP contribution < -0.4 is 15.4 Å². The van der Waals surface area contributed by atoms with E-state index in [1.807, 2.05) is 35.1 Å². The van der Waals surface area contributed by atoms with Gasteiger partial charge in [-0.25, -0.2) is 13.1 Å². The molecule has 3 aromatic rings. The van der Waals surface area contributed by atoms with Crippen molar-refractivity contribution in [1.82, 2.24) is 20.3 Å². The molecule has 0 saturated heterocycles. The van der Waals surface area contributed by atoms with Crippen LogP contribution in [0.2, 0.25) is 0 Å². The van der Waals surface area contributed by atoms with E-state index >= 15 is 0 Å². The molecule has 1 aromatic heterocycles. The van der Waals surface area contributed by atoms with Crippen molar-refractivity contribution in [2.45, 2.75) is 24.2 Å². The zero-order valence-corrected chi connectivity index (χ0v) is 21.8. The number of hydrogen-bond donors (Lipinski definition) is 3. The van der Waals surface area contributed by atoms with E-state index in [-0.39, 0.29) is 22.1 Å². The van der Waals surface area contributed by atoms with Crippen molar-refractivity contribution < 1.29 is 27.5 Å². The number of nitrogens with zero attached hydrogens (tertiary/aromatic N) is 1. The lowest BCUT2D eigenvalue weighted by Crippen LogP contribution is -2.31. The van der Waals surface area contributed by atoms with Crippen molar-refractivity contribution in [3.8, 4) is 0 Å². The average molecular weight is 539 g/mol. The topological polar surface area (TPSA) is 144 Å². The molecule has 0 radical (unpaired) electrons. The van der Waals surface area contributed by atoms with E-state index in [1.54, 1.807) is 12.1 Å². The number of carbonyl (C=O) groups excluding carboxylic acids is 3. The second-order valence-electron chi connectivity index (χ2n) is 8.34. The molecular formula is C27H30N4O6S. The summed E-state index contributed by atoms with van der Waals surface area (Å²) in [6.45, 7) is 1.07. The first-order valence-corrected chi connectivity index (χ1v) is 13.5. The number of sulfonamides is 1. The van der Waals surface area contributed by atoms with Gasteiger partial charge in [0.25, 0.3) is 21.8 Å². The van der Waals surface area contributed by atoms with Crippen molar-refractivity contribution in [2.24, 2.45) is 0 Å². The maximum Gasteiger partial charge on any atom is 0.269 e. The largest absolute Gasteiger partial charge is 0.383 e. The summed E-state index contributed by atoms with van der Waals surface area (Å²) in [5.74, 6) is -1.36. The number of hydrogen-bond acceptors (Lipinski definition) is 7. The van der Waals surface area contributed by atoms with Crippen LogP contribution in [0.15, 0.2) is 77.8 Å². The van der Waals surface area contributed by atoms with Crippen molar-refractivity contribution >= 4 is 27.7 Å². The molecule has 11 heteroatoms. The smallest absolute Gasteiger partial charge is 0.269 e. The summed E-state index contributed by atoms with van der Waals surface area (Å²) >= 11 is 0. The van der Waals surface area contributed by atoms with Crippen LogP contribution in [0.5, 0.6) is 0 Å². The third kappa shape index (κ3) is 8.79. The minimum atomic E-state index is -4.12. The Morgan fingerprint density at radius 3 is 2.18 bits per heavy atom. The second kappa shape index (κ2) is 14.0. The molecule has 0 aliphatic rings. The first-order chi connectivity index (χ1) is 18.3. The first kappa shape index (κ1) is 28.5. The summed E-state index contributed by atoms with van der Waals surface area (Å²) in [6.07, 6.45) is 2.71. The van der Waals surface area contributed by atoms with E-state index in [4.69, 9.17) is 4.74 Å². The van der Waals surface area contributed by atoms with Gasteiger partial charge < -0.3 is 15.4 Å². The van der Waals surface area contributed by atoms with Crippen LogP contribution in [0.3, 0.4) is 0 Å². The van der Waals surface area contributed by atoms with Gasteiger partial charge in [0.05, 0.1) is 17.1 Å². The molecular weight excluding hydrogens is 508 g/mol.